The van der Waals surface area contributed by atoms with Gasteiger partial charge in [-0.05, 0) is 61.4 Å². The molecule has 0 radical (unpaired) electrons. The highest BCUT2D eigenvalue weighted by molar-refractivity contribution is 9.10. The summed E-state index contributed by atoms with van der Waals surface area (Å²) in [6.45, 7) is 4.09. The van der Waals surface area contributed by atoms with Gasteiger partial charge in [-0.3, -0.25) is 15.1 Å². The Morgan fingerprint density at radius 3 is 2.67 bits per heavy atom. The Morgan fingerprint density at radius 1 is 1.13 bits per heavy atom. The third-order valence-corrected chi connectivity index (χ3v) is 5.22. The Hall–Kier alpha value is -3.52. The molecule has 0 aliphatic heterocycles. The molecule has 7 nitrogen and oxygen atoms in total. The van der Waals surface area contributed by atoms with Crippen LogP contribution in [0.2, 0.25) is 0 Å². The monoisotopic (exact) mass is 465 g/mol. The Balaban J connectivity index is 1.68. The first-order valence-electron chi connectivity index (χ1n) is 9.01. The highest BCUT2D eigenvalue weighted by Crippen LogP contribution is 2.33. The van der Waals surface area contributed by atoms with Crippen LogP contribution in [0.5, 0.6) is 5.75 Å². The molecule has 0 amide bonds. The van der Waals surface area contributed by atoms with E-state index in [4.69, 9.17) is 4.42 Å². The number of aryl methyl sites for hydroxylation is 2. The molecule has 0 bridgehead atoms. The van der Waals surface area contributed by atoms with E-state index in [9.17, 15) is 15.2 Å². The van der Waals surface area contributed by atoms with Gasteiger partial charge in [-0.15, -0.1) is 0 Å². The number of halogens is 1. The smallest absolute Gasteiger partial charge is 0.312 e. The van der Waals surface area contributed by atoms with E-state index in [0.29, 0.717) is 27.2 Å². The van der Waals surface area contributed by atoms with Gasteiger partial charge in [0.15, 0.2) is 5.58 Å². The van der Waals surface area contributed by atoms with Gasteiger partial charge in [0, 0.05) is 27.9 Å². The highest BCUT2D eigenvalue weighted by atomic mass is 79.9. The molecule has 30 heavy (non-hydrogen) atoms. The van der Waals surface area contributed by atoms with Gasteiger partial charge < -0.3 is 9.52 Å². The molecule has 1 heterocycles. The predicted molar refractivity (Wildman–Crippen MR) is 119 cm³/mol. The topological polar surface area (TPSA) is 102 Å². The zero-order valence-corrected chi connectivity index (χ0v) is 17.7. The lowest BCUT2D eigenvalue weighted by Crippen LogP contribution is -1.92. The second kappa shape index (κ2) is 7.72. The molecular formula is C22H16BrN3O4. The number of phenols is 1. The van der Waals surface area contributed by atoms with Gasteiger partial charge in [0.2, 0.25) is 11.6 Å². The van der Waals surface area contributed by atoms with E-state index in [1.54, 1.807) is 24.3 Å². The molecule has 1 aromatic heterocycles. The summed E-state index contributed by atoms with van der Waals surface area (Å²) in [6.07, 6.45) is 1.37. The molecular weight excluding hydrogens is 450 g/mol. The molecule has 8 heteroatoms. The molecule has 0 spiro atoms. The molecule has 1 N–H and O–H groups in total. The van der Waals surface area contributed by atoms with E-state index in [0.717, 1.165) is 11.1 Å². The molecule has 150 valence electrons. The lowest BCUT2D eigenvalue weighted by atomic mass is 10.1. The lowest BCUT2D eigenvalue weighted by Gasteiger charge is -2.01. The minimum absolute atomic E-state index is 0.229. The van der Waals surface area contributed by atoms with E-state index >= 15 is 0 Å². The van der Waals surface area contributed by atoms with Crippen molar-refractivity contribution in [2.75, 3.05) is 0 Å². The summed E-state index contributed by atoms with van der Waals surface area (Å²) in [5, 5.41) is 21.2. The van der Waals surface area contributed by atoms with Gasteiger partial charge in [-0.1, -0.05) is 22.0 Å². The molecule has 0 atom stereocenters. The zero-order chi connectivity index (χ0) is 21.4. The van der Waals surface area contributed by atoms with E-state index < -0.39 is 16.4 Å². The molecule has 0 aliphatic carbocycles. The van der Waals surface area contributed by atoms with E-state index in [-0.39, 0.29) is 5.56 Å². The maximum absolute atomic E-state index is 11.1. The number of rotatable bonds is 4. The van der Waals surface area contributed by atoms with Crippen molar-refractivity contribution in [3.8, 4) is 17.2 Å². The van der Waals surface area contributed by atoms with Crippen LogP contribution in [0.4, 0.5) is 11.4 Å². The number of aromatic hydroxyl groups is 1. The second-order valence-electron chi connectivity index (χ2n) is 6.85. The Labute approximate surface area is 180 Å². The number of hydrogen-bond acceptors (Lipinski definition) is 6. The van der Waals surface area contributed by atoms with Crippen LogP contribution in [0.15, 0.2) is 62.4 Å². The van der Waals surface area contributed by atoms with Gasteiger partial charge in [0.25, 0.3) is 0 Å². The van der Waals surface area contributed by atoms with Crippen molar-refractivity contribution in [1.82, 2.24) is 4.98 Å². The fourth-order valence-electron chi connectivity index (χ4n) is 2.98. The number of fused-ring (bicyclic) bond motifs is 1. The minimum atomic E-state index is -0.646. The number of nitro groups is 1. The maximum atomic E-state index is 11.1. The third kappa shape index (κ3) is 3.81. The number of benzene rings is 3. The number of phenolic OH excluding ortho intramolecular Hbond substituents is 1. The van der Waals surface area contributed by atoms with Crippen molar-refractivity contribution < 1.29 is 14.4 Å². The normalized spacial score (nSPS) is 11.4. The molecule has 0 saturated heterocycles. The van der Waals surface area contributed by atoms with Crippen LogP contribution in [0.25, 0.3) is 22.6 Å². The molecule has 0 aliphatic rings. The summed E-state index contributed by atoms with van der Waals surface area (Å²) < 4.78 is 6.33. The average molecular weight is 466 g/mol. The predicted octanol–water partition coefficient (Wildman–Crippen LogP) is 6.24. The molecule has 0 unspecified atom stereocenters. The van der Waals surface area contributed by atoms with Gasteiger partial charge in [-0.25, -0.2) is 4.98 Å². The van der Waals surface area contributed by atoms with Crippen molar-refractivity contribution in [1.29, 1.82) is 0 Å². The van der Waals surface area contributed by atoms with E-state index in [1.807, 2.05) is 32.0 Å². The highest BCUT2D eigenvalue weighted by Gasteiger charge is 2.17. The average Bonchev–Trinajstić information content (AvgIpc) is 3.13. The van der Waals surface area contributed by atoms with Crippen molar-refractivity contribution in [2.45, 2.75) is 13.8 Å². The number of aromatic nitrogens is 1. The molecule has 4 rings (SSSR count). The van der Waals surface area contributed by atoms with Crippen molar-refractivity contribution in [3.63, 3.8) is 0 Å². The third-order valence-electron chi connectivity index (χ3n) is 4.76. The first-order valence-corrected chi connectivity index (χ1v) is 9.80. The summed E-state index contributed by atoms with van der Waals surface area (Å²) >= 11 is 3.21. The largest absolute Gasteiger partial charge is 0.502 e. The summed E-state index contributed by atoms with van der Waals surface area (Å²) in [6, 6.07) is 14.1. The van der Waals surface area contributed by atoms with Gasteiger partial charge in [0.1, 0.15) is 5.52 Å². The van der Waals surface area contributed by atoms with E-state index in [2.05, 4.69) is 25.9 Å². The van der Waals surface area contributed by atoms with Crippen LogP contribution >= 0.6 is 15.9 Å². The lowest BCUT2D eigenvalue weighted by molar-refractivity contribution is -0.385. The van der Waals surface area contributed by atoms with Gasteiger partial charge in [-0.2, -0.15) is 0 Å². The van der Waals surface area contributed by atoms with E-state index in [1.165, 1.54) is 17.8 Å². The van der Waals surface area contributed by atoms with Crippen LogP contribution in [0, 0.1) is 24.0 Å². The van der Waals surface area contributed by atoms with Crippen LogP contribution in [0.1, 0.15) is 16.7 Å². The van der Waals surface area contributed by atoms with Crippen molar-refractivity contribution >= 4 is 44.6 Å². The standard InChI is InChI=1S/C22H16BrN3O4/c1-12-3-4-14(7-13(12)2)22-25-18-10-17(5-6-20(18)30-22)24-11-15-8-16(23)9-19(21(15)27)26(28)29/h3-11,27H,1-2H3. The summed E-state index contributed by atoms with van der Waals surface area (Å²) in [4.78, 5) is 19.3. The zero-order valence-electron chi connectivity index (χ0n) is 16.1. The first kappa shape index (κ1) is 19.8. The molecule has 4 aromatic rings. The summed E-state index contributed by atoms with van der Waals surface area (Å²) in [7, 11) is 0. The fourth-order valence-corrected chi connectivity index (χ4v) is 3.44. The number of hydrogen-bond donors (Lipinski definition) is 1. The fraction of sp³-hybridized carbons (Fsp3) is 0.0909. The Morgan fingerprint density at radius 2 is 1.93 bits per heavy atom. The first-order chi connectivity index (χ1) is 14.3. The number of nitro benzene ring substituents is 1. The minimum Gasteiger partial charge on any atom is -0.502 e. The number of nitrogens with zero attached hydrogens (tertiary/aromatic N) is 3. The Kier molecular flexibility index (Phi) is 5.09. The summed E-state index contributed by atoms with van der Waals surface area (Å²) in [5.41, 5.74) is 4.93. The Bertz CT molecular complexity index is 1330. The molecule has 0 fully saturated rings. The van der Waals surface area contributed by atoms with Gasteiger partial charge in [0.05, 0.1) is 10.6 Å². The van der Waals surface area contributed by atoms with Gasteiger partial charge >= 0.3 is 5.69 Å². The summed E-state index contributed by atoms with van der Waals surface area (Å²) in [5.74, 6) is 0.0842. The quantitative estimate of drug-likeness (QED) is 0.218. The van der Waals surface area contributed by atoms with Crippen LogP contribution in [-0.4, -0.2) is 21.2 Å². The molecule has 0 saturated carbocycles. The van der Waals surface area contributed by atoms with Crippen LogP contribution in [0.3, 0.4) is 0 Å². The SMILES string of the molecule is Cc1ccc(-c2nc3cc(N=Cc4cc(Br)cc([N+](=O)[O-])c4O)ccc3o2)cc1C. The molecule has 3 aromatic carbocycles. The number of oxazole rings is 1. The number of aliphatic imine (C=N–C) groups is 1. The van der Waals surface area contributed by atoms with Crippen LogP contribution < -0.4 is 0 Å². The van der Waals surface area contributed by atoms with Crippen molar-refractivity contribution in [3.05, 3.63) is 79.8 Å². The maximum Gasteiger partial charge on any atom is 0.312 e. The van der Waals surface area contributed by atoms with Crippen LogP contribution in [-0.2, 0) is 0 Å². The second-order valence-corrected chi connectivity index (χ2v) is 7.76. The van der Waals surface area contributed by atoms with Crippen molar-refractivity contribution in [2.24, 2.45) is 4.99 Å².